The van der Waals surface area contributed by atoms with Crippen molar-refractivity contribution in [1.29, 1.82) is 0 Å². The molecule has 6 heteroatoms. The van der Waals surface area contributed by atoms with Gasteiger partial charge in [0.1, 0.15) is 0 Å². The van der Waals surface area contributed by atoms with Gasteiger partial charge in [-0.2, -0.15) is 4.98 Å². The molecule has 3 rings (SSSR count). The van der Waals surface area contributed by atoms with Crippen LogP contribution in [0, 0.1) is 5.92 Å². The van der Waals surface area contributed by atoms with Crippen molar-refractivity contribution in [2.45, 2.75) is 12.8 Å². The van der Waals surface area contributed by atoms with Crippen LogP contribution < -0.4 is 9.64 Å². The second-order valence-electron chi connectivity index (χ2n) is 5.77. The maximum absolute atomic E-state index is 5.57. The van der Waals surface area contributed by atoms with E-state index in [1.54, 1.807) is 19.4 Å². The van der Waals surface area contributed by atoms with Gasteiger partial charge in [0.05, 0.1) is 13.7 Å². The molecule has 0 aliphatic carbocycles. The SMILES string of the molecule is COc1ccnc(N2CCN(C[C@H]3CCCOC3)CC2)n1. The first-order chi connectivity index (χ1) is 10.3. The summed E-state index contributed by atoms with van der Waals surface area (Å²) < 4.78 is 10.7. The summed E-state index contributed by atoms with van der Waals surface area (Å²) in [6.45, 7) is 7.11. The van der Waals surface area contributed by atoms with Crippen molar-refractivity contribution in [2.75, 3.05) is 57.9 Å². The average molecular weight is 292 g/mol. The van der Waals surface area contributed by atoms with Gasteiger partial charge in [-0.25, -0.2) is 4.98 Å². The van der Waals surface area contributed by atoms with Crippen molar-refractivity contribution in [1.82, 2.24) is 14.9 Å². The second kappa shape index (κ2) is 7.04. The number of piperazine rings is 1. The van der Waals surface area contributed by atoms with Crippen molar-refractivity contribution < 1.29 is 9.47 Å². The largest absolute Gasteiger partial charge is 0.481 e. The third-order valence-electron chi connectivity index (χ3n) is 4.25. The number of ether oxygens (including phenoxy) is 2. The Morgan fingerprint density at radius 1 is 1.33 bits per heavy atom. The lowest BCUT2D eigenvalue weighted by atomic mass is 10.0. The van der Waals surface area contributed by atoms with E-state index in [2.05, 4.69) is 19.8 Å². The normalized spacial score (nSPS) is 24.0. The minimum atomic E-state index is 0.627. The van der Waals surface area contributed by atoms with Gasteiger partial charge in [0, 0.05) is 51.6 Å². The molecule has 0 unspecified atom stereocenters. The molecule has 2 aliphatic heterocycles. The Labute approximate surface area is 126 Å². The molecule has 0 bridgehead atoms. The lowest BCUT2D eigenvalue weighted by Gasteiger charge is -2.37. The van der Waals surface area contributed by atoms with Crippen molar-refractivity contribution in [3.63, 3.8) is 0 Å². The topological polar surface area (TPSA) is 50.7 Å². The van der Waals surface area contributed by atoms with Crippen LogP contribution in [-0.4, -0.2) is 67.9 Å². The van der Waals surface area contributed by atoms with Crippen molar-refractivity contribution in [3.8, 4) is 5.88 Å². The number of nitrogens with zero attached hydrogens (tertiary/aromatic N) is 4. The van der Waals surface area contributed by atoms with Gasteiger partial charge in [-0.15, -0.1) is 0 Å². The highest BCUT2D eigenvalue weighted by atomic mass is 16.5. The van der Waals surface area contributed by atoms with Gasteiger partial charge < -0.3 is 14.4 Å². The Bertz CT molecular complexity index is 443. The molecule has 0 radical (unpaired) electrons. The van der Waals surface area contributed by atoms with Crippen LogP contribution >= 0.6 is 0 Å². The van der Waals surface area contributed by atoms with Gasteiger partial charge in [0.25, 0.3) is 0 Å². The minimum Gasteiger partial charge on any atom is -0.481 e. The molecular weight excluding hydrogens is 268 g/mol. The predicted octanol–water partition coefficient (Wildman–Crippen LogP) is 1.03. The van der Waals surface area contributed by atoms with E-state index in [9.17, 15) is 0 Å². The highest BCUT2D eigenvalue weighted by Gasteiger charge is 2.23. The molecule has 116 valence electrons. The molecule has 2 aliphatic rings. The third kappa shape index (κ3) is 3.83. The van der Waals surface area contributed by atoms with Crippen molar-refractivity contribution in [2.24, 2.45) is 5.92 Å². The maximum Gasteiger partial charge on any atom is 0.228 e. The fraction of sp³-hybridized carbons (Fsp3) is 0.733. The molecule has 0 aromatic carbocycles. The molecule has 3 heterocycles. The van der Waals surface area contributed by atoms with Crippen LogP contribution in [0.15, 0.2) is 12.3 Å². The smallest absolute Gasteiger partial charge is 0.228 e. The number of methoxy groups -OCH3 is 1. The van der Waals surface area contributed by atoms with Gasteiger partial charge in [0.15, 0.2) is 0 Å². The Morgan fingerprint density at radius 3 is 2.90 bits per heavy atom. The summed E-state index contributed by atoms with van der Waals surface area (Å²) in [4.78, 5) is 13.5. The monoisotopic (exact) mass is 292 g/mol. The number of rotatable bonds is 4. The molecule has 1 atom stereocenters. The van der Waals surface area contributed by atoms with E-state index in [1.807, 2.05) is 0 Å². The zero-order valence-electron chi connectivity index (χ0n) is 12.7. The molecule has 1 aromatic heterocycles. The zero-order valence-corrected chi connectivity index (χ0v) is 12.7. The number of hydrogen-bond acceptors (Lipinski definition) is 6. The summed E-state index contributed by atoms with van der Waals surface area (Å²) in [6, 6.07) is 1.78. The van der Waals surface area contributed by atoms with E-state index in [0.717, 1.165) is 51.9 Å². The van der Waals surface area contributed by atoms with Gasteiger partial charge in [-0.05, 0) is 18.8 Å². The summed E-state index contributed by atoms with van der Waals surface area (Å²) in [7, 11) is 1.64. The van der Waals surface area contributed by atoms with Gasteiger partial charge in [-0.3, -0.25) is 4.90 Å². The van der Waals surface area contributed by atoms with Crippen LogP contribution in [0.5, 0.6) is 5.88 Å². The van der Waals surface area contributed by atoms with Gasteiger partial charge in [0.2, 0.25) is 11.8 Å². The summed E-state index contributed by atoms with van der Waals surface area (Å²) in [5.74, 6) is 2.11. The quantitative estimate of drug-likeness (QED) is 0.826. The number of hydrogen-bond donors (Lipinski definition) is 0. The molecule has 2 fully saturated rings. The van der Waals surface area contributed by atoms with Gasteiger partial charge in [-0.1, -0.05) is 0 Å². The molecule has 2 saturated heterocycles. The molecule has 21 heavy (non-hydrogen) atoms. The van der Waals surface area contributed by atoms with E-state index < -0.39 is 0 Å². The van der Waals surface area contributed by atoms with E-state index in [4.69, 9.17) is 9.47 Å². The molecule has 6 nitrogen and oxygen atoms in total. The highest BCUT2D eigenvalue weighted by molar-refractivity contribution is 5.32. The molecule has 0 spiro atoms. The van der Waals surface area contributed by atoms with E-state index in [0.29, 0.717) is 11.8 Å². The van der Waals surface area contributed by atoms with Crippen LogP contribution in [0.1, 0.15) is 12.8 Å². The molecule has 0 saturated carbocycles. The molecule has 0 amide bonds. The Kier molecular flexibility index (Phi) is 4.87. The number of anilines is 1. The van der Waals surface area contributed by atoms with Crippen LogP contribution in [0.4, 0.5) is 5.95 Å². The van der Waals surface area contributed by atoms with Crippen LogP contribution in [-0.2, 0) is 4.74 Å². The second-order valence-corrected chi connectivity index (χ2v) is 5.77. The summed E-state index contributed by atoms with van der Waals surface area (Å²) in [5.41, 5.74) is 0. The van der Waals surface area contributed by atoms with E-state index in [-0.39, 0.29) is 0 Å². The third-order valence-corrected chi connectivity index (χ3v) is 4.25. The molecule has 0 N–H and O–H groups in total. The summed E-state index contributed by atoms with van der Waals surface area (Å²) in [5, 5.41) is 0. The standard InChI is InChI=1S/C15H24N4O2/c1-20-14-4-5-16-15(17-14)19-8-6-18(7-9-19)11-13-3-2-10-21-12-13/h4-5,13H,2-3,6-12H2,1H3/t13-/m1/s1. The number of aromatic nitrogens is 2. The van der Waals surface area contributed by atoms with Crippen LogP contribution in [0.3, 0.4) is 0 Å². The minimum absolute atomic E-state index is 0.627. The van der Waals surface area contributed by atoms with Crippen molar-refractivity contribution >= 4 is 5.95 Å². The fourth-order valence-electron chi connectivity index (χ4n) is 3.05. The zero-order chi connectivity index (χ0) is 14.5. The molecular formula is C15H24N4O2. The first-order valence-electron chi connectivity index (χ1n) is 7.77. The summed E-state index contributed by atoms with van der Waals surface area (Å²) in [6.07, 6.45) is 4.27. The Balaban J connectivity index is 1.50. The first-order valence-corrected chi connectivity index (χ1v) is 7.77. The van der Waals surface area contributed by atoms with Crippen LogP contribution in [0.25, 0.3) is 0 Å². The van der Waals surface area contributed by atoms with Crippen molar-refractivity contribution in [3.05, 3.63) is 12.3 Å². The maximum atomic E-state index is 5.57. The lowest BCUT2D eigenvalue weighted by molar-refractivity contribution is 0.0376. The summed E-state index contributed by atoms with van der Waals surface area (Å²) >= 11 is 0. The first kappa shape index (κ1) is 14.5. The molecule has 1 aromatic rings. The van der Waals surface area contributed by atoms with Gasteiger partial charge >= 0.3 is 0 Å². The average Bonchev–Trinajstić information content (AvgIpc) is 2.56. The lowest BCUT2D eigenvalue weighted by Crippen LogP contribution is -2.49. The van der Waals surface area contributed by atoms with Crippen LogP contribution in [0.2, 0.25) is 0 Å². The Morgan fingerprint density at radius 2 is 2.19 bits per heavy atom. The Hall–Kier alpha value is -1.40. The van der Waals surface area contributed by atoms with E-state index >= 15 is 0 Å². The highest BCUT2D eigenvalue weighted by Crippen LogP contribution is 2.18. The predicted molar refractivity (Wildman–Crippen MR) is 80.8 cm³/mol. The fourth-order valence-corrected chi connectivity index (χ4v) is 3.05. The van der Waals surface area contributed by atoms with E-state index in [1.165, 1.54) is 12.8 Å².